The molecule has 0 amide bonds. The van der Waals surface area contributed by atoms with E-state index in [4.69, 9.17) is 4.74 Å². The third-order valence-electron chi connectivity index (χ3n) is 0.805. The molecule has 0 aromatic rings. The average Bonchev–Trinajstić information content (AvgIpc) is 1.85. The van der Waals surface area contributed by atoms with Gasteiger partial charge in [-0.15, -0.1) is 5.54 Å². The van der Waals surface area contributed by atoms with Crippen molar-refractivity contribution < 1.29 is 4.74 Å². The Labute approximate surface area is 70.2 Å². The topological polar surface area (TPSA) is 9.23 Å². The van der Waals surface area contributed by atoms with Crippen molar-refractivity contribution >= 4 is 8.07 Å². The van der Waals surface area contributed by atoms with Gasteiger partial charge in [-0.25, -0.2) is 0 Å². The summed E-state index contributed by atoms with van der Waals surface area (Å²) in [6.07, 6.45) is 0. The molecule has 0 radical (unpaired) electrons. The molecule has 0 unspecified atom stereocenters. The minimum absolute atomic E-state index is 0.473. The zero-order valence-corrected chi connectivity index (χ0v) is 8.62. The molecular formula is C9H14OSi. The Morgan fingerprint density at radius 3 is 2.27 bits per heavy atom. The molecule has 0 aliphatic carbocycles. The fraction of sp³-hybridized carbons (Fsp3) is 0.556. The van der Waals surface area contributed by atoms with Gasteiger partial charge in [0.2, 0.25) is 0 Å². The van der Waals surface area contributed by atoms with Crippen molar-refractivity contribution in [2.45, 2.75) is 19.6 Å². The largest absolute Gasteiger partial charge is 0.372 e. The molecule has 0 fully saturated rings. The van der Waals surface area contributed by atoms with Crippen LogP contribution >= 0.6 is 0 Å². The Hall–Kier alpha value is -0.703. The number of ether oxygens (including phenoxy) is 1. The minimum Gasteiger partial charge on any atom is -0.372 e. The van der Waals surface area contributed by atoms with E-state index >= 15 is 0 Å². The maximum Gasteiger partial charge on any atom is 0.130 e. The molecule has 0 aliphatic rings. The quantitative estimate of drug-likeness (QED) is 0.424. The van der Waals surface area contributed by atoms with E-state index in [2.05, 4.69) is 42.9 Å². The van der Waals surface area contributed by atoms with Crippen LogP contribution in [0.2, 0.25) is 19.6 Å². The molecule has 0 bridgehead atoms. The SMILES string of the molecule is COCC#CC#C[Si](C)(C)C. The van der Waals surface area contributed by atoms with Crippen LogP contribution in [0, 0.1) is 23.3 Å². The third-order valence-corrected chi connectivity index (χ3v) is 1.68. The Morgan fingerprint density at radius 1 is 1.18 bits per heavy atom. The van der Waals surface area contributed by atoms with Gasteiger partial charge in [0.25, 0.3) is 0 Å². The summed E-state index contributed by atoms with van der Waals surface area (Å²) in [5.74, 6) is 8.36. The first-order valence-electron chi connectivity index (χ1n) is 3.55. The highest BCUT2D eigenvalue weighted by atomic mass is 28.3. The maximum atomic E-state index is 4.74. The monoisotopic (exact) mass is 166 g/mol. The molecule has 0 atom stereocenters. The molecule has 2 heteroatoms. The molecule has 1 nitrogen and oxygen atoms in total. The number of rotatable bonds is 1. The van der Waals surface area contributed by atoms with Gasteiger partial charge >= 0.3 is 0 Å². The molecule has 0 heterocycles. The predicted octanol–water partition coefficient (Wildman–Crippen LogP) is 1.52. The molecule has 0 spiro atoms. The molecule has 0 saturated carbocycles. The molecule has 0 saturated heterocycles. The first-order chi connectivity index (χ1) is 5.06. The fourth-order valence-corrected chi connectivity index (χ4v) is 0.809. The first kappa shape index (κ1) is 10.3. The van der Waals surface area contributed by atoms with Crippen molar-refractivity contribution in [2.75, 3.05) is 13.7 Å². The predicted molar refractivity (Wildman–Crippen MR) is 50.8 cm³/mol. The van der Waals surface area contributed by atoms with Gasteiger partial charge in [-0.1, -0.05) is 25.6 Å². The van der Waals surface area contributed by atoms with Crippen molar-refractivity contribution in [3.8, 4) is 23.3 Å². The molecule has 11 heavy (non-hydrogen) atoms. The second-order valence-corrected chi connectivity index (χ2v) is 7.98. The van der Waals surface area contributed by atoms with Crippen molar-refractivity contribution in [2.24, 2.45) is 0 Å². The lowest BCUT2D eigenvalue weighted by molar-refractivity contribution is 0.240. The van der Waals surface area contributed by atoms with E-state index in [1.54, 1.807) is 7.11 Å². The van der Waals surface area contributed by atoms with Crippen LogP contribution in [0.5, 0.6) is 0 Å². The van der Waals surface area contributed by atoms with Crippen molar-refractivity contribution in [1.82, 2.24) is 0 Å². The van der Waals surface area contributed by atoms with Gasteiger partial charge in [0.15, 0.2) is 0 Å². The van der Waals surface area contributed by atoms with E-state index in [0.717, 1.165) is 0 Å². The van der Waals surface area contributed by atoms with Crippen molar-refractivity contribution in [1.29, 1.82) is 0 Å². The van der Waals surface area contributed by atoms with Gasteiger partial charge in [-0.3, -0.25) is 0 Å². The van der Waals surface area contributed by atoms with E-state index in [1.165, 1.54) is 0 Å². The molecular weight excluding hydrogens is 152 g/mol. The second kappa shape index (κ2) is 5.01. The van der Waals surface area contributed by atoms with Crippen LogP contribution in [0.3, 0.4) is 0 Å². The molecule has 60 valence electrons. The molecule has 0 aromatic carbocycles. The van der Waals surface area contributed by atoms with Crippen LogP contribution < -0.4 is 0 Å². The molecule has 0 rings (SSSR count). The fourth-order valence-electron chi connectivity index (χ4n) is 0.371. The van der Waals surface area contributed by atoms with Crippen LogP contribution in [0.1, 0.15) is 0 Å². The van der Waals surface area contributed by atoms with Crippen LogP contribution in [0.25, 0.3) is 0 Å². The highest BCUT2D eigenvalue weighted by Gasteiger charge is 2.06. The Morgan fingerprint density at radius 2 is 1.82 bits per heavy atom. The first-order valence-corrected chi connectivity index (χ1v) is 7.05. The summed E-state index contributed by atoms with van der Waals surface area (Å²) in [5, 5.41) is 0. The highest BCUT2D eigenvalue weighted by Crippen LogP contribution is 1.95. The van der Waals surface area contributed by atoms with Gasteiger partial charge in [-0.05, 0) is 11.8 Å². The summed E-state index contributed by atoms with van der Waals surface area (Å²) in [6, 6.07) is 0. The smallest absolute Gasteiger partial charge is 0.130 e. The van der Waals surface area contributed by atoms with E-state index in [0.29, 0.717) is 6.61 Å². The molecule has 0 aliphatic heterocycles. The average molecular weight is 166 g/mol. The van der Waals surface area contributed by atoms with Crippen LogP contribution in [-0.2, 0) is 4.74 Å². The lowest BCUT2D eigenvalue weighted by Crippen LogP contribution is -2.16. The van der Waals surface area contributed by atoms with E-state index < -0.39 is 8.07 Å². The third kappa shape index (κ3) is 9.30. The summed E-state index contributed by atoms with van der Waals surface area (Å²) in [7, 11) is 0.404. The van der Waals surface area contributed by atoms with Crippen LogP contribution in [0.4, 0.5) is 0 Å². The van der Waals surface area contributed by atoms with Gasteiger partial charge in [0.05, 0.1) is 0 Å². The summed E-state index contributed by atoms with van der Waals surface area (Å²) >= 11 is 0. The molecule has 0 N–H and O–H groups in total. The van der Waals surface area contributed by atoms with E-state index in [-0.39, 0.29) is 0 Å². The summed E-state index contributed by atoms with van der Waals surface area (Å²) in [5.41, 5.74) is 3.14. The molecule has 0 aromatic heterocycles. The highest BCUT2D eigenvalue weighted by molar-refractivity contribution is 6.83. The Bertz CT molecular complexity index is 216. The minimum atomic E-state index is -1.22. The van der Waals surface area contributed by atoms with Gasteiger partial charge < -0.3 is 4.74 Å². The van der Waals surface area contributed by atoms with Crippen LogP contribution in [-0.4, -0.2) is 21.8 Å². The summed E-state index contributed by atoms with van der Waals surface area (Å²) in [4.78, 5) is 0. The van der Waals surface area contributed by atoms with Crippen molar-refractivity contribution in [3.63, 3.8) is 0 Å². The van der Waals surface area contributed by atoms with E-state index in [9.17, 15) is 0 Å². The van der Waals surface area contributed by atoms with Gasteiger partial charge in [0, 0.05) is 7.11 Å². The number of hydrogen-bond acceptors (Lipinski definition) is 1. The Kier molecular flexibility index (Phi) is 4.69. The normalized spacial score (nSPS) is 9.09. The maximum absolute atomic E-state index is 4.74. The summed E-state index contributed by atoms with van der Waals surface area (Å²) < 4.78 is 4.74. The number of methoxy groups -OCH3 is 1. The zero-order valence-electron chi connectivity index (χ0n) is 7.62. The lowest BCUT2D eigenvalue weighted by atomic mass is 10.6. The Balaban J connectivity index is 3.84. The second-order valence-electron chi connectivity index (χ2n) is 3.23. The summed E-state index contributed by atoms with van der Waals surface area (Å²) in [6.45, 7) is 7.05. The standard InChI is InChI=1S/C9H14OSi/c1-10-8-6-5-7-9-11(2,3)4/h8H2,1-4H3. The van der Waals surface area contributed by atoms with Gasteiger partial charge in [0.1, 0.15) is 14.7 Å². The zero-order chi connectivity index (χ0) is 8.74. The number of hydrogen-bond donors (Lipinski definition) is 0. The van der Waals surface area contributed by atoms with E-state index in [1.807, 2.05) is 0 Å². The van der Waals surface area contributed by atoms with Crippen molar-refractivity contribution in [3.05, 3.63) is 0 Å². The lowest BCUT2D eigenvalue weighted by Gasteiger charge is -2.01. The van der Waals surface area contributed by atoms with Crippen LogP contribution in [0.15, 0.2) is 0 Å². The van der Waals surface area contributed by atoms with Gasteiger partial charge in [-0.2, -0.15) is 0 Å².